The summed E-state index contributed by atoms with van der Waals surface area (Å²) in [6.45, 7) is 1.78. The van der Waals surface area contributed by atoms with Crippen molar-refractivity contribution in [2.75, 3.05) is 10.7 Å². The first-order valence-electron chi connectivity index (χ1n) is 5.31. The Hall–Kier alpha value is -2.65. The lowest BCUT2D eigenvalue weighted by atomic mass is 10.2. The summed E-state index contributed by atoms with van der Waals surface area (Å²) in [6, 6.07) is 10.9. The van der Waals surface area contributed by atoms with E-state index < -0.39 is 0 Å². The third kappa shape index (κ3) is 2.72. The fraction of sp³-hybridized carbons (Fsp3) is 0.0833. The van der Waals surface area contributed by atoms with Crippen LogP contribution in [-0.2, 0) is 0 Å². The number of aromatic nitrogens is 2. The third-order valence-corrected chi connectivity index (χ3v) is 2.25. The van der Waals surface area contributed by atoms with Crippen LogP contribution in [0.2, 0.25) is 0 Å². The molecule has 0 radical (unpaired) electrons. The average Bonchev–Trinajstić information content (AvgIpc) is 2.38. The molecule has 0 amide bonds. The summed E-state index contributed by atoms with van der Waals surface area (Å²) in [5.41, 5.74) is 3.85. The van der Waals surface area contributed by atoms with E-state index in [1.54, 1.807) is 31.2 Å². The molecule has 0 spiro atoms. The Labute approximate surface area is 104 Å². The van der Waals surface area contributed by atoms with E-state index in [2.05, 4.69) is 26.8 Å². The van der Waals surface area contributed by atoms with Crippen LogP contribution in [0.3, 0.4) is 0 Å². The predicted octanol–water partition coefficient (Wildman–Crippen LogP) is 1.69. The monoisotopic (exact) mass is 240 g/mol. The summed E-state index contributed by atoms with van der Waals surface area (Å²) in [5, 5.41) is 11.9. The molecule has 6 nitrogen and oxygen atoms in total. The van der Waals surface area contributed by atoms with Gasteiger partial charge in [-0.15, -0.1) is 0 Å². The molecule has 0 saturated heterocycles. The van der Waals surface area contributed by atoms with E-state index in [1.807, 2.05) is 6.07 Å². The van der Waals surface area contributed by atoms with Gasteiger partial charge in [-0.2, -0.15) is 5.26 Å². The fourth-order valence-corrected chi connectivity index (χ4v) is 1.52. The van der Waals surface area contributed by atoms with E-state index in [4.69, 9.17) is 11.1 Å². The summed E-state index contributed by atoms with van der Waals surface area (Å²) in [4.78, 5) is 8.32. The van der Waals surface area contributed by atoms with Gasteiger partial charge in [0.05, 0.1) is 11.6 Å². The zero-order valence-electron chi connectivity index (χ0n) is 9.81. The Kier molecular flexibility index (Phi) is 3.36. The lowest BCUT2D eigenvalue weighted by Gasteiger charge is -2.08. The van der Waals surface area contributed by atoms with Crippen molar-refractivity contribution in [3.63, 3.8) is 0 Å². The van der Waals surface area contributed by atoms with Gasteiger partial charge in [0.1, 0.15) is 17.5 Å². The third-order valence-electron chi connectivity index (χ3n) is 2.25. The molecule has 0 fully saturated rings. The highest BCUT2D eigenvalue weighted by Crippen LogP contribution is 2.17. The number of anilines is 3. The van der Waals surface area contributed by atoms with Gasteiger partial charge in [0.15, 0.2) is 0 Å². The quantitative estimate of drug-likeness (QED) is 0.557. The second kappa shape index (κ2) is 5.12. The Morgan fingerprint density at radius 1 is 1.22 bits per heavy atom. The molecule has 0 atom stereocenters. The van der Waals surface area contributed by atoms with Crippen molar-refractivity contribution in [3.8, 4) is 6.07 Å². The van der Waals surface area contributed by atoms with Crippen molar-refractivity contribution in [2.45, 2.75) is 6.92 Å². The zero-order chi connectivity index (χ0) is 13.0. The van der Waals surface area contributed by atoms with Crippen LogP contribution in [0, 0.1) is 18.3 Å². The molecule has 0 aliphatic carbocycles. The number of hydrogen-bond donors (Lipinski definition) is 3. The number of nitrogens with one attached hydrogen (secondary N) is 2. The number of hydrogen-bond acceptors (Lipinski definition) is 6. The smallest absolute Gasteiger partial charge is 0.145 e. The highest BCUT2D eigenvalue weighted by molar-refractivity contribution is 5.60. The lowest BCUT2D eigenvalue weighted by Crippen LogP contribution is -2.10. The van der Waals surface area contributed by atoms with Crippen LogP contribution >= 0.6 is 0 Å². The van der Waals surface area contributed by atoms with Crippen molar-refractivity contribution in [3.05, 3.63) is 41.7 Å². The number of nitrogens with two attached hydrogens (primary N) is 1. The molecular formula is C12H12N6. The number of nitriles is 1. The first kappa shape index (κ1) is 11.8. The van der Waals surface area contributed by atoms with E-state index >= 15 is 0 Å². The van der Waals surface area contributed by atoms with Crippen molar-refractivity contribution in [2.24, 2.45) is 5.84 Å². The number of hydrazine groups is 1. The van der Waals surface area contributed by atoms with Crippen molar-refractivity contribution in [1.29, 1.82) is 5.26 Å². The number of aryl methyl sites for hydroxylation is 1. The van der Waals surface area contributed by atoms with Gasteiger partial charge in [0.25, 0.3) is 0 Å². The van der Waals surface area contributed by atoms with Crippen LogP contribution in [0.25, 0.3) is 0 Å². The molecule has 6 heteroatoms. The Bertz CT molecular complexity index is 602. The van der Waals surface area contributed by atoms with Crippen LogP contribution in [-0.4, -0.2) is 9.97 Å². The van der Waals surface area contributed by atoms with Gasteiger partial charge >= 0.3 is 0 Å². The molecule has 18 heavy (non-hydrogen) atoms. The molecule has 0 aliphatic rings. The predicted molar refractivity (Wildman–Crippen MR) is 69.0 cm³/mol. The van der Waals surface area contributed by atoms with Crippen LogP contribution in [0.15, 0.2) is 30.3 Å². The maximum Gasteiger partial charge on any atom is 0.145 e. The molecule has 1 aromatic carbocycles. The number of benzene rings is 1. The summed E-state index contributed by atoms with van der Waals surface area (Å²) < 4.78 is 0. The van der Waals surface area contributed by atoms with Crippen molar-refractivity contribution < 1.29 is 0 Å². The number of nitrogens with zero attached hydrogens (tertiary/aromatic N) is 3. The molecule has 0 unspecified atom stereocenters. The van der Waals surface area contributed by atoms with Crippen LogP contribution < -0.4 is 16.6 Å². The van der Waals surface area contributed by atoms with E-state index in [-0.39, 0.29) is 0 Å². The Morgan fingerprint density at radius 3 is 2.72 bits per heavy atom. The summed E-state index contributed by atoms with van der Waals surface area (Å²) in [5.74, 6) is 7.06. The largest absolute Gasteiger partial charge is 0.340 e. The van der Waals surface area contributed by atoms with Crippen molar-refractivity contribution >= 4 is 17.3 Å². The topological polar surface area (TPSA) is 99.6 Å². The minimum atomic E-state index is 0.529. The number of nitrogen functional groups attached to an aromatic ring is 1. The molecule has 0 aliphatic heterocycles. The minimum absolute atomic E-state index is 0.529. The maximum absolute atomic E-state index is 8.82. The van der Waals surface area contributed by atoms with E-state index in [9.17, 15) is 0 Å². The molecule has 2 aromatic rings. The van der Waals surface area contributed by atoms with Gasteiger partial charge in [-0.05, 0) is 25.1 Å². The van der Waals surface area contributed by atoms with Crippen LogP contribution in [0.1, 0.15) is 11.4 Å². The summed E-state index contributed by atoms with van der Waals surface area (Å²) in [6.07, 6.45) is 0. The SMILES string of the molecule is Cc1nc(NN)cc(Nc2cccc(C#N)c2)n1. The van der Waals surface area contributed by atoms with Gasteiger partial charge in [-0.3, -0.25) is 0 Å². The molecule has 2 rings (SSSR count). The molecule has 90 valence electrons. The van der Waals surface area contributed by atoms with Crippen LogP contribution in [0.4, 0.5) is 17.3 Å². The highest BCUT2D eigenvalue weighted by atomic mass is 15.3. The Balaban J connectivity index is 2.28. The lowest BCUT2D eigenvalue weighted by molar-refractivity contribution is 1.05. The molecular weight excluding hydrogens is 228 g/mol. The Morgan fingerprint density at radius 2 is 2.00 bits per heavy atom. The molecule has 0 bridgehead atoms. The minimum Gasteiger partial charge on any atom is -0.340 e. The van der Waals surface area contributed by atoms with E-state index in [0.717, 1.165) is 5.69 Å². The van der Waals surface area contributed by atoms with Gasteiger partial charge in [0, 0.05) is 11.8 Å². The normalized spacial score (nSPS) is 9.61. The van der Waals surface area contributed by atoms with Gasteiger partial charge in [-0.1, -0.05) is 6.07 Å². The standard InChI is InChI=1S/C12H12N6/c1-8-15-11(6-12(16-8)18-14)17-10-4-2-3-9(5-10)7-13/h2-6H,14H2,1H3,(H2,15,16,17,18). The van der Waals surface area contributed by atoms with Gasteiger partial charge in [-0.25, -0.2) is 15.8 Å². The van der Waals surface area contributed by atoms with Crippen LogP contribution in [0.5, 0.6) is 0 Å². The first-order chi connectivity index (χ1) is 8.71. The van der Waals surface area contributed by atoms with Gasteiger partial charge in [0.2, 0.25) is 0 Å². The highest BCUT2D eigenvalue weighted by Gasteiger charge is 2.02. The molecule has 0 saturated carbocycles. The zero-order valence-corrected chi connectivity index (χ0v) is 9.81. The second-order valence-corrected chi connectivity index (χ2v) is 3.65. The summed E-state index contributed by atoms with van der Waals surface area (Å²) >= 11 is 0. The molecule has 1 aromatic heterocycles. The van der Waals surface area contributed by atoms with Crippen molar-refractivity contribution in [1.82, 2.24) is 9.97 Å². The molecule has 1 heterocycles. The van der Waals surface area contributed by atoms with Gasteiger partial charge < -0.3 is 10.7 Å². The second-order valence-electron chi connectivity index (χ2n) is 3.65. The molecule has 4 N–H and O–H groups in total. The number of rotatable bonds is 3. The fourth-order valence-electron chi connectivity index (χ4n) is 1.52. The maximum atomic E-state index is 8.82. The van der Waals surface area contributed by atoms with E-state index in [1.165, 1.54) is 0 Å². The van der Waals surface area contributed by atoms with E-state index in [0.29, 0.717) is 23.0 Å². The first-order valence-corrected chi connectivity index (χ1v) is 5.31. The average molecular weight is 240 g/mol. The summed E-state index contributed by atoms with van der Waals surface area (Å²) in [7, 11) is 0.